The number of halogens is 2. The lowest BCUT2D eigenvalue weighted by atomic mass is 10.0. The van der Waals surface area contributed by atoms with Crippen molar-refractivity contribution in [1.82, 2.24) is 14.8 Å². The summed E-state index contributed by atoms with van der Waals surface area (Å²) in [6.45, 7) is -0.899. The highest BCUT2D eigenvalue weighted by Gasteiger charge is 2.14. The Morgan fingerprint density at radius 3 is 2.68 bits per heavy atom. The Morgan fingerprint density at radius 1 is 1.11 bits per heavy atom. The molecule has 3 rings (SSSR count). The first-order valence-electron chi connectivity index (χ1n) is 5.85. The molecule has 0 atom stereocenters. The summed E-state index contributed by atoms with van der Waals surface area (Å²) >= 11 is 0. The van der Waals surface area contributed by atoms with Crippen molar-refractivity contribution < 1.29 is 8.78 Å². The molecule has 2 heterocycles. The monoisotopic (exact) mass is 259 g/mol. The molecule has 0 spiro atoms. The summed E-state index contributed by atoms with van der Waals surface area (Å²) < 4.78 is 26.0. The van der Waals surface area contributed by atoms with Crippen LogP contribution in [0, 0.1) is 6.92 Å². The Labute approximate surface area is 108 Å². The number of aryl methyl sites for hydroxylation is 1. The van der Waals surface area contributed by atoms with E-state index in [4.69, 9.17) is 0 Å². The summed E-state index contributed by atoms with van der Waals surface area (Å²) in [6.07, 6.45) is 3.09. The Morgan fingerprint density at radius 2 is 1.95 bits per heavy atom. The SMILES string of the molecule is Cc1nn(C(F)F)cc1-c1cccc2ncccc12. The quantitative estimate of drug-likeness (QED) is 0.700. The van der Waals surface area contributed by atoms with Crippen LogP contribution < -0.4 is 0 Å². The third-order valence-corrected chi connectivity index (χ3v) is 3.05. The lowest BCUT2D eigenvalue weighted by molar-refractivity contribution is 0.0563. The van der Waals surface area contributed by atoms with Crippen molar-refractivity contribution in [3.8, 4) is 11.1 Å². The predicted molar refractivity (Wildman–Crippen MR) is 69.0 cm³/mol. The molecule has 1 aromatic carbocycles. The zero-order valence-electron chi connectivity index (χ0n) is 10.2. The number of rotatable bonds is 2. The fourth-order valence-corrected chi connectivity index (χ4v) is 2.18. The van der Waals surface area contributed by atoms with E-state index in [1.165, 1.54) is 6.20 Å². The van der Waals surface area contributed by atoms with E-state index in [0.717, 1.165) is 16.5 Å². The second-order valence-electron chi connectivity index (χ2n) is 4.26. The first-order chi connectivity index (χ1) is 9.16. The zero-order valence-corrected chi connectivity index (χ0v) is 10.2. The summed E-state index contributed by atoms with van der Waals surface area (Å²) in [4.78, 5) is 4.26. The maximum atomic E-state index is 12.7. The largest absolute Gasteiger partial charge is 0.333 e. The number of pyridine rings is 1. The van der Waals surface area contributed by atoms with Gasteiger partial charge in [0.2, 0.25) is 0 Å². The molecule has 3 aromatic rings. The minimum Gasteiger partial charge on any atom is -0.256 e. The van der Waals surface area contributed by atoms with Gasteiger partial charge in [0, 0.05) is 23.3 Å². The van der Waals surface area contributed by atoms with E-state index < -0.39 is 6.55 Å². The van der Waals surface area contributed by atoms with E-state index in [9.17, 15) is 8.78 Å². The number of nitrogens with zero attached hydrogens (tertiary/aromatic N) is 3. The van der Waals surface area contributed by atoms with Gasteiger partial charge in [-0.25, -0.2) is 4.68 Å². The molecule has 0 N–H and O–H groups in total. The van der Waals surface area contributed by atoms with Gasteiger partial charge in [0.05, 0.1) is 11.2 Å². The standard InChI is InChI=1S/C14H11F2N3/c1-9-12(8-19(18-9)14(15)16)10-4-2-6-13-11(10)5-3-7-17-13/h2-8,14H,1H3. The van der Waals surface area contributed by atoms with Crippen molar-refractivity contribution in [2.75, 3.05) is 0 Å². The Hall–Kier alpha value is -2.30. The molecule has 2 aromatic heterocycles. The highest BCUT2D eigenvalue weighted by atomic mass is 19.3. The molecule has 0 saturated carbocycles. The molecular formula is C14H11F2N3. The van der Waals surface area contributed by atoms with Crippen molar-refractivity contribution >= 4 is 10.9 Å². The van der Waals surface area contributed by atoms with Crippen molar-refractivity contribution in [2.45, 2.75) is 13.5 Å². The average molecular weight is 259 g/mol. The van der Waals surface area contributed by atoms with Gasteiger partial charge in [0.1, 0.15) is 0 Å². The van der Waals surface area contributed by atoms with Crippen LogP contribution in [-0.4, -0.2) is 14.8 Å². The number of aromatic nitrogens is 3. The highest BCUT2D eigenvalue weighted by Crippen LogP contribution is 2.30. The molecule has 96 valence electrons. The predicted octanol–water partition coefficient (Wildman–Crippen LogP) is 3.80. The Bertz CT molecular complexity index is 729. The van der Waals surface area contributed by atoms with Crippen LogP contribution in [0.4, 0.5) is 8.78 Å². The first-order valence-corrected chi connectivity index (χ1v) is 5.85. The zero-order chi connectivity index (χ0) is 13.4. The van der Waals surface area contributed by atoms with E-state index >= 15 is 0 Å². The summed E-state index contributed by atoms with van der Waals surface area (Å²) in [5.41, 5.74) is 3.00. The minimum atomic E-state index is -2.62. The second-order valence-corrected chi connectivity index (χ2v) is 4.26. The van der Waals surface area contributed by atoms with Crippen LogP contribution in [0.2, 0.25) is 0 Å². The maximum Gasteiger partial charge on any atom is 0.333 e. The molecule has 0 fully saturated rings. The third kappa shape index (κ3) is 1.97. The van der Waals surface area contributed by atoms with Gasteiger partial charge in [0.25, 0.3) is 0 Å². The number of alkyl halides is 2. The van der Waals surface area contributed by atoms with Crippen LogP contribution in [0.15, 0.2) is 42.7 Å². The van der Waals surface area contributed by atoms with E-state index in [2.05, 4.69) is 10.1 Å². The number of hydrogen-bond donors (Lipinski definition) is 0. The summed E-state index contributed by atoms with van der Waals surface area (Å²) in [5.74, 6) is 0. The molecule has 0 aliphatic carbocycles. The molecule has 0 saturated heterocycles. The fraction of sp³-hybridized carbons (Fsp3) is 0.143. The van der Waals surface area contributed by atoms with Gasteiger partial charge < -0.3 is 0 Å². The van der Waals surface area contributed by atoms with Crippen LogP contribution in [0.3, 0.4) is 0 Å². The van der Waals surface area contributed by atoms with Gasteiger partial charge in [-0.3, -0.25) is 4.98 Å². The minimum absolute atomic E-state index is 0.580. The topological polar surface area (TPSA) is 30.7 Å². The van der Waals surface area contributed by atoms with Gasteiger partial charge in [-0.1, -0.05) is 18.2 Å². The van der Waals surface area contributed by atoms with Crippen LogP contribution in [0.25, 0.3) is 22.0 Å². The molecule has 0 amide bonds. The molecule has 0 unspecified atom stereocenters. The smallest absolute Gasteiger partial charge is 0.256 e. The van der Waals surface area contributed by atoms with Gasteiger partial charge in [0.15, 0.2) is 0 Å². The molecule has 0 aliphatic rings. The van der Waals surface area contributed by atoms with Crippen molar-refractivity contribution in [1.29, 1.82) is 0 Å². The lowest BCUT2D eigenvalue weighted by Crippen LogP contribution is -1.97. The van der Waals surface area contributed by atoms with Gasteiger partial charge in [-0.15, -0.1) is 0 Å². The van der Waals surface area contributed by atoms with Gasteiger partial charge in [-0.2, -0.15) is 13.9 Å². The maximum absolute atomic E-state index is 12.7. The fourth-order valence-electron chi connectivity index (χ4n) is 2.18. The molecule has 19 heavy (non-hydrogen) atoms. The second kappa shape index (κ2) is 4.42. The van der Waals surface area contributed by atoms with Crippen LogP contribution in [0.1, 0.15) is 12.2 Å². The van der Waals surface area contributed by atoms with Crippen molar-refractivity contribution in [3.05, 3.63) is 48.4 Å². The van der Waals surface area contributed by atoms with E-state index in [1.807, 2.05) is 30.3 Å². The van der Waals surface area contributed by atoms with Gasteiger partial charge in [-0.05, 0) is 24.6 Å². The average Bonchev–Trinajstić information content (AvgIpc) is 2.80. The number of hydrogen-bond acceptors (Lipinski definition) is 2. The summed E-state index contributed by atoms with van der Waals surface area (Å²) in [5, 5.41) is 4.77. The van der Waals surface area contributed by atoms with Crippen LogP contribution in [0.5, 0.6) is 0 Å². The number of fused-ring (bicyclic) bond motifs is 1. The number of benzene rings is 1. The van der Waals surface area contributed by atoms with E-state index in [-0.39, 0.29) is 0 Å². The normalized spacial score (nSPS) is 11.4. The van der Waals surface area contributed by atoms with E-state index in [0.29, 0.717) is 15.9 Å². The lowest BCUT2D eigenvalue weighted by Gasteiger charge is -2.04. The van der Waals surface area contributed by atoms with Crippen molar-refractivity contribution in [2.24, 2.45) is 0 Å². The highest BCUT2D eigenvalue weighted by molar-refractivity contribution is 5.94. The Balaban J connectivity index is 2.24. The summed E-state index contributed by atoms with van der Waals surface area (Å²) in [7, 11) is 0. The molecule has 0 bridgehead atoms. The molecular weight excluding hydrogens is 248 g/mol. The molecule has 0 aliphatic heterocycles. The Kier molecular flexibility index (Phi) is 2.74. The molecule has 5 heteroatoms. The third-order valence-electron chi connectivity index (χ3n) is 3.05. The summed E-state index contributed by atoms with van der Waals surface area (Å²) in [6, 6.07) is 9.41. The van der Waals surface area contributed by atoms with Crippen LogP contribution >= 0.6 is 0 Å². The van der Waals surface area contributed by atoms with Crippen molar-refractivity contribution in [3.63, 3.8) is 0 Å². The van der Waals surface area contributed by atoms with E-state index in [1.54, 1.807) is 13.1 Å². The van der Waals surface area contributed by atoms with Gasteiger partial charge >= 0.3 is 6.55 Å². The first kappa shape index (κ1) is 11.8. The van der Waals surface area contributed by atoms with Crippen LogP contribution in [-0.2, 0) is 0 Å². The molecule has 0 radical (unpaired) electrons. The molecule has 3 nitrogen and oxygen atoms in total.